The van der Waals surface area contributed by atoms with Crippen LogP contribution in [0.3, 0.4) is 0 Å². The molecule has 2 N–H and O–H groups in total. The highest BCUT2D eigenvalue weighted by Gasteiger charge is 2.24. The van der Waals surface area contributed by atoms with Crippen molar-refractivity contribution in [3.05, 3.63) is 96.4 Å². The molecule has 0 radical (unpaired) electrons. The fraction of sp³-hybridized carbons (Fsp3) is 0.167. The van der Waals surface area contributed by atoms with Gasteiger partial charge in [0.05, 0.1) is 28.0 Å². The number of carbonyl (C=O) groups is 1. The number of halogens is 1. The zero-order valence-electron chi connectivity index (χ0n) is 20.3. The Balaban J connectivity index is 0.000000182. The molecule has 2 aromatic heterocycles. The Morgan fingerprint density at radius 3 is 2.49 bits per heavy atom. The monoisotopic (exact) mass is 495 g/mol. The van der Waals surface area contributed by atoms with Crippen molar-refractivity contribution in [3.63, 3.8) is 0 Å². The van der Waals surface area contributed by atoms with Crippen LogP contribution in [-0.2, 0) is 0 Å². The topological polar surface area (TPSA) is 86.5 Å². The molecule has 37 heavy (non-hydrogen) atoms. The molecule has 0 amide bonds. The summed E-state index contributed by atoms with van der Waals surface area (Å²) in [6.07, 6.45) is 4.01. The summed E-state index contributed by atoms with van der Waals surface area (Å²) >= 11 is 0. The zero-order chi connectivity index (χ0) is 25.9. The zero-order valence-corrected chi connectivity index (χ0v) is 20.3. The number of aromatic carboxylic acids is 1. The summed E-state index contributed by atoms with van der Waals surface area (Å²) in [6.45, 7) is 3.23. The summed E-state index contributed by atoms with van der Waals surface area (Å²) in [6, 6.07) is 22.8. The van der Waals surface area contributed by atoms with Gasteiger partial charge in [0, 0.05) is 41.2 Å². The van der Waals surface area contributed by atoms with Crippen molar-refractivity contribution >= 4 is 33.5 Å². The van der Waals surface area contributed by atoms with E-state index in [1.165, 1.54) is 12.1 Å². The number of phenols is 1. The maximum atomic E-state index is 13.3. The molecule has 186 valence electrons. The van der Waals surface area contributed by atoms with E-state index in [1.54, 1.807) is 54.7 Å². The molecule has 0 aliphatic carbocycles. The first-order valence-corrected chi connectivity index (χ1v) is 12.1. The van der Waals surface area contributed by atoms with Gasteiger partial charge < -0.3 is 15.1 Å². The lowest BCUT2D eigenvalue weighted by molar-refractivity contribution is 0.0697. The van der Waals surface area contributed by atoms with Crippen LogP contribution in [0.1, 0.15) is 30.1 Å². The van der Waals surface area contributed by atoms with E-state index in [4.69, 9.17) is 10.1 Å². The van der Waals surface area contributed by atoms with Crippen molar-refractivity contribution in [2.24, 2.45) is 0 Å². The van der Waals surface area contributed by atoms with Crippen molar-refractivity contribution in [1.29, 1.82) is 0 Å². The van der Waals surface area contributed by atoms with Gasteiger partial charge in [-0.3, -0.25) is 4.98 Å². The third kappa shape index (κ3) is 5.21. The minimum atomic E-state index is -0.911. The van der Waals surface area contributed by atoms with E-state index in [9.17, 15) is 14.3 Å². The van der Waals surface area contributed by atoms with E-state index in [2.05, 4.69) is 22.9 Å². The summed E-state index contributed by atoms with van der Waals surface area (Å²) in [5, 5.41) is 20.3. The molecule has 1 fully saturated rings. The van der Waals surface area contributed by atoms with Crippen LogP contribution in [0.4, 0.5) is 10.1 Å². The molecule has 0 bridgehead atoms. The average molecular weight is 496 g/mol. The number of anilines is 1. The first-order valence-electron chi connectivity index (χ1n) is 12.1. The molecule has 5 aromatic rings. The fourth-order valence-corrected chi connectivity index (χ4v) is 4.68. The molecule has 6 rings (SSSR count). The number of aromatic nitrogens is 2. The quantitative estimate of drug-likeness (QED) is 0.291. The molecule has 1 aliphatic rings. The van der Waals surface area contributed by atoms with Crippen LogP contribution >= 0.6 is 0 Å². The molecule has 1 aliphatic heterocycles. The minimum Gasteiger partial charge on any atom is -0.508 e. The standard InChI is InChI=1S/C20H19FN2O.C10H7NO2/c1-13-3-2-10-23(13)19-11-15-6-9-17(24)12-18(15)22-20(19)14-4-7-16(21)8-5-14;12-10(13)8-3-4-9-7(6-8)2-1-5-11-9/h4-9,11-13,24H,2-3,10H2,1H3;1-6H,(H,12,13)/t13-;/m0./s1. The fourth-order valence-electron chi connectivity index (χ4n) is 4.68. The molecule has 1 saturated heterocycles. The molecule has 0 saturated carbocycles. The summed E-state index contributed by atoms with van der Waals surface area (Å²) in [5.74, 6) is -0.971. The number of fused-ring (bicyclic) bond motifs is 2. The third-order valence-electron chi connectivity index (χ3n) is 6.61. The smallest absolute Gasteiger partial charge is 0.335 e. The van der Waals surface area contributed by atoms with Crippen molar-refractivity contribution in [2.45, 2.75) is 25.8 Å². The van der Waals surface area contributed by atoms with Gasteiger partial charge in [0.15, 0.2) is 0 Å². The van der Waals surface area contributed by atoms with E-state index in [0.717, 1.165) is 58.1 Å². The largest absolute Gasteiger partial charge is 0.508 e. The molecule has 1 atom stereocenters. The van der Waals surface area contributed by atoms with Gasteiger partial charge in [-0.15, -0.1) is 0 Å². The normalized spacial score (nSPS) is 15.0. The Labute approximate surface area is 213 Å². The lowest BCUT2D eigenvalue weighted by Gasteiger charge is -2.26. The molecule has 3 heterocycles. The number of phenolic OH excluding ortho intramolecular Hbond substituents is 1. The van der Waals surface area contributed by atoms with Gasteiger partial charge in [0.2, 0.25) is 0 Å². The predicted octanol–water partition coefficient (Wildman–Crippen LogP) is 6.67. The van der Waals surface area contributed by atoms with Crippen molar-refractivity contribution in [2.75, 3.05) is 11.4 Å². The number of carboxylic acid groups (broad SMARTS) is 1. The van der Waals surface area contributed by atoms with Crippen LogP contribution in [0.5, 0.6) is 5.75 Å². The molecule has 0 spiro atoms. The van der Waals surface area contributed by atoms with Gasteiger partial charge in [0.25, 0.3) is 0 Å². The first-order chi connectivity index (χ1) is 17.9. The molecular formula is C30H26FN3O3. The highest BCUT2D eigenvalue weighted by atomic mass is 19.1. The molecule has 3 aromatic carbocycles. The third-order valence-corrected chi connectivity index (χ3v) is 6.61. The van der Waals surface area contributed by atoms with Gasteiger partial charge >= 0.3 is 5.97 Å². The molecular weight excluding hydrogens is 469 g/mol. The second kappa shape index (κ2) is 10.2. The van der Waals surface area contributed by atoms with Crippen molar-refractivity contribution in [1.82, 2.24) is 9.97 Å². The first kappa shape index (κ1) is 24.2. The van der Waals surface area contributed by atoms with Crippen LogP contribution in [0.2, 0.25) is 0 Å². The maximum absolute atomic E-state index is 13.3. The number of aromatic hydroxyl groups is 1. The average Bonchev–Trinajstić information content (AvgIpc) is 3.34. The Morgan fingerprint density at radius 1 is 0.973 bits per heavy atom. The minimum absolute atomic E-state index is 0.197. The van der Waals surface area contributed by atoms with Gasteiger partial charge in [0.1, 0.15) is 11.6 Å². The Hall–Kier alpha value is -4.52. The summed E-state index contributed by atoms with van der Waals surface area (Å²) < 4.78 is 13.3. The Bertz CT molecular complexity index is 1590. The maximum Gasteiger partial charge on any atom is 0.335 e. The van der Waals surface area contributed by atoms with Crippen molar-refractivity contribution in [3.8, 4) is 17.0 Å². The Kier molecular flexibility index (Phi) is 6.68. The highest BCUT2D eigenvalue weighted by molar-refractivity contribution is 5.93. The van der Waals surface area contributed by atoms with E-state index in [1.807, 2.05) is 12.1 Å². The van der Waals surface area contributed by atoms with E-state index in [0.29, 0.717) is 11.6 Å². The number of nitrogens with zero attached hydrogens (tertiary/aromatic N) is 3. The van der Waals surface area contributed by atoms with Crippen molar-refractivity contribution < 1.29 is 19.4 Å². The van der Waals surface area contributed by atoms with E-state index >= 15 is 0 Å². The van der Waals surface area contributed by atoms with Gasteiger partial charge in [-0.05, 0) is 86.5 Å². The van der Waals surface area contributed by atoms with Crippen LogP contribution in [-0.4, -0.2) is 38.7 Å². The SMILES string of the molecule is C[C@H]1CCCN1c1cc2ccc(O)cc2nc1-c1ccc(F)cc1.O=C(O)c1ccc2ncccc2c1. The highest BCUT2D eigenvalue weighted by Crippen LogP contribution is 2.36. The van der Waals surface area contributed by atoms with Crippen LogP contribution in [0.15, 0.2) is 85.1 Å². The summed E-state index contributed by atoms with van der Waals surface area (Å²) in [7, 11) is 0. The number of pyridine rings is 2. The summed E-state index contributed by atoms with van der Waals surface area (Å²) in [5.41, 5.74) is 4.64. The number of carboxylic acids is 1. The molecule has 7 heteroatoms. The summed E-state index contributed by atoms with van der Waals surface area (Å²) in [4.78, 5) is 21.9. The molecule has 6 nitrogen and oxygen atoms in total. The molecule has 0 unspecified atom stereocenters. The van der Waals surface area contributed by atoms with E-state index < -0.39 is 5.97 Å². The van der Waals surface area contributed by atoms with Crippen LogP contribution in [0.25, 0.3) is 33.1 Å². The lowest BCUT2D eigenvalue weighted by atomic mass is 10.1. The number of hydrogen-bond acceptors (Lipinski definition) is 5. The van der Waals surface area contributed by atoms with Crippen LogP contribution in [0, 0.1) is 5.82 Å². The van der Waals surface area contributed by atoms with Crippen LogP contribution < -0.4 is 4.90 Å². The number of benzene rings is 3. The number of hydrogen-bond donors (Lipinski definition) is 2. The van der Waals surface area contributed by atoms with E-state index in [-0.39, 0.29) is 11.6 Å². The lowest BCUT2D eigenvalue weighted by Crippen LogP contribution is -2.27. The van der Waals surface area contributed by atoms with Gasteiger partial charge in [-0.1, -0.05) is 6.07 Å². The predicted molar refractivity (Wildman–Crippen MR) is 144 cm³/mol. The Morgan fingerprint density at radius 2 is 1.76 bits per heavy atom. The van der Waals surface area contributed by atoms with Gasteiger partial charge in [-0.2, -0.15) is 0 Å². The van der Waals surface area contributed by atoms with Gasteiger partial charge in [-0.25, -0.2) is 14.2 Å². The number of rotatable bonds is 3. The second-order valence-electron chi connectivity index (χ2n) is 9.14. The second-order valence-corrected chi connectivity index (χ2v) is 9.14.